The summed E-state index contributed by atoms with van der Waals surface area (Å²) in [5.74, 6) is -1.96. The van der Waals surface area contributed by atoms with Crippen LogP contribution in [-0.2, 0) is 4.79 Å². The van der Waals surface area contributed by atoms with Crippen LogP contribution >= 0.6 is 0 Å². The molecule has 108 valence electrons. The lowest BCUT2D eigenvalue weighted by Crippen LogP contribution is -2.41. The minimum atomic E-state index is -5.08. The third-order valence-corrected chi connectivity index (χ3v) is 2.50. The fraction of sp³-hybridized carbons (Fsp3) is 0.909. The monoisotopic (exact) mass is 270 g/mol. The van der Waals surface area contributed by atoms with E-state index in [4.69, 9.17) is 15.6 Å². The molecule has 1 aliphatic rings. The first-order chi connectivity index (χ1) is 8.12. The van der Waals surface area contributed by atoms with E-state index >= 15 is 0 Å². The quantitative estimate of drug-likeness (QED) is 0.801. The third-order valence-electron chi connectivity index (χ3n) is 2.50. The van der Waals surface area contributed by atoms with Crippen LogP contribution in [0.4, 0.5) is 13.2 Å². The van der Waals surface area contributed by atoms with E-state index in [0.29, 0.717) is 6.04 Å². The maximum atomic E-state index is 10.6. The number of carbonyl (C=O) groups is 1. The Kier molecular flexibility index (Phi) is 7.23. The molecule has 0 aromatic carbocycles. The highest BCUT2D eigenvalue weighted by Crippen LogP contribution is 2.13. The molecule has 0 bridgehead atoms. The van der Waals surface area contributed by atoms with Gasteiger partial charge in [0.25, 0.3) is 0 Å². The Balaban J connectivity index is 0.000000360. The fourth-order valence-corrected chi connectivity index (χ4v) is 1.65. The maximum Gasteiger partial charge on any atom is 0.490 e. The predicted molar refractivity (Wildman–Crippen MR) is 62.2 cm³/mol. The molecule has 18 heavy (non-hydrogen) atoms. The van der Waals surface area contributed by atoms with Gasteiger partial charge in [-0.2, -0.15) is 13.2 Å². The molecule has 4 nitrogen and oxygen atoms in total. The van der Waals surface area contributed by atoms with Crippen molar-refractivity contribution in [3.05, 3.63) is 0 Å². The Morgan fingerprint density at radius 3 is 2.06 bits per heavy atom. The van der Waals surface area contributed by atoms with Crippen LogP contribution in [0, 0.1) is 5.92 Å². The zero-order chi connectivity index (χ0) is 14.3. The lowest BCUT2D eigenvalue weighted by molar-refractivity contribution is -0.192. The van der Waals surface area contributed by atoms with Crippen molar-refractivity contribution >= 4 is 5.97 Å². The van der Waals surface area contributed by atoms with E-state index in [9.17, 15) is 13.2 Å². The first-order valence-electron chi connectivity index (χ1n) is 5.91. The Bertz CT molecular complexity index is 249. The van der Waals surface area contributed by atoms with Gasteiger partial charge in [0.2, 0.25) is 0 Å². The summed E-state index contributed by atoms with van der Waals surface area (Å²) in [5.41, 5.74) is 5.80. The minimum absolute atomic E-state index is 0.471. The molecule has 0 aromatic heterocycles. The van der Waals surface area contributed by atoms with Crippen molar-refractivity contribution in [3.8, 4) is 0 Å². The molecular formula is C11H21F3N2O2. The molecule has 3 N–H and O–H groups in total. The van der Waals surface area contributed by atoms with Gasteiger partial charge in [0.15, 0.2) is 0 Å². The van der Waals surface area contributed by atoms with E-state index in [1.165, 1.54) is 32.5 Å². The number of carboxylic acids is 1. The zero-order valence-corrected chi connectivity index (χ0v) is 10.7. The molecule has 0 atom stereocenters. The van der Waals surface area contributed by atoms with Crippen molar-refractivity contribution in [3.63, 3.8) is 0 Å². The summed E-state index contributed by atoms with van der Waals surface area (Å²) in [7, 11) is 0. The minimum Gasteiger partial charge on any atom is -0.475 e. The Hall–Kier alpha value is -0.820. The zero-order valence-electron chi connectivity index (χ0n) is 10.7. The highest BCUT2D eigenvalue weighted by atomic mass is 19.4. The lowest BCUT2D eigenvalue weighted by Gasteiger charge is -2.31. The van der Waals surface area contributed by atoms with E-state index in [1.807, 2.05) is 0 Å². The molecule has 7 heteroatoms. The van der Waals surface area contributed by atoms with E-state index in [2.05, 4.69) is 18.7 Å². The SMILES string of the molecule is CC(C)CN1CCC(N)CC1.O=C(O)C(F)(F)F. The Morgan fingerprint density at radius 2 is 1.78 bits per heavy atom. The van der Waals surface area contributed by atoms with Gasteiger partial charge in [-0.15, -0.1) is 0 Å². The topological polar surface area (TPSA) is 66.6 Å². The molecular weight excluding hydrogens is 249 g/mol. The molecule has 0 radical (unpaired) electrons. The van der Waals surface area contributed by atoms with Crippen molar-refractivity contribution in [2.24, 2.45) is 11.7 Å². The van der Waals surface area contributed by atoms with Crippen LogP contribution < -0.4 is 5.73 Å². The number of nitrogens with zero attached hydrogens (tertiary/aromatic N) is 1. The molecule has 1 aliphatic heterocycles. The van der Waals surface area contributed by atoms with Crippen molar-refractivity contribution < 1.29 is 23.1 Å². The summed E-state index contributed by atoms with van der Waals surface area (Å²) in [4.78, 5) is 11.4. The third kappa shape index (κ3) is 8.30. The van der Waals surface area contributed by atoms with Crippen molar-refractivity contribution in [2.45, 2.75) is 38.9 Å². The smallest absolute Gasteiger partial charge is 0.475 e. The summed E-state index contributed by atoms with van der Waals surface area (Å²) in [6, 6.07) is 0.471. The van der Waals surface area contributed by atoms with E-state index in [0.717, 1.165) is 5.92 Å². The summed E-state index contributed by atoms with van der Waals surface area (Å²) in [6.45, 7) is 8.20. The van der Waals surface area contributed by atoms with Gasteiger partial charge in [0.05, 0.1) is 0 Å². The number of likely N-dealkylation sites (tertiary alicyclic amines) is 1. The van der Waals surface area contributed by atoms with Gasteiger partial charge in [0, 0.05) is 12.6 Å². The van der Waals surface area contributed by atoms with Crippen LogP contribution in [0.15, 0.2) is 0 Å². The van der Waals surface area contributed by atoms with Crippen LogP contribution in [-0.4, -0.2) is 47.8 Å². The molecule has 0 aromatic rings. The molecule has 1 fully saturated rings. The molecule has 1 rings (SSSR count). The average molecular weight is 270 g/mol. The first kappa shape index (κ1) is 17.2. The molecule has 0 spiro atoms. The van der Waals surface area contributed by atoms with Gasteiger partial charge >= 0.3 is 12.1 Å². The van der Waals surface area contributed by atoms with Gasteiger partial charge in [-0.25, -0.2) is 4.79 Å². The average Bonchev–Trinajstić information content (AvgIpc) is 2.20. The number of alkyl halides is 3. The van der Waals surface area contributed by atoms with Crippen molar-refractivity contribution in [2.75, 3.05) is 19.6 Å². The largest absolute Gasteiger partial charge is 0.490 e. The number of hydrogen-bond donors (Lipinski definition) is 2. The van der Waals surface area contributed by atoms with Gasteiger partial charge < -0.3 is 15.7 Å². The molecule has 0 unspecified atom stereocenters. The summed E-state index contributed by atoms with van der Waals surface area (Å²) in [6.07, 6.45) is -2.71. The summed E-state index contributed by atoms with van der Waals surface area (Å²) < 4.78 is 31.7. The van der Waals surface area contributed by atoms with Crippen LogP contribution in [0.1, 0.15) is 26.7 Å². The molecule has 1 heterocycles. The van der Waals surface area contributed by atoms with Gasteiger partial charge in [0.1, 0.15) is 0 Å². The highest BCUT2D eigenvalue weighted by Gasteiger charge is 2.38. The lowest BCUT2D eigenvalue weighted by atomic mass is 10.0. The second-order valence-corrected chi connectivity index (χ2v) is 4.83. The van der Waals surface area contributed by atoms with E-state index in [-0.39, 0.29) is 0 Å². The molecule has 0 aliphatic carbocycles. The number of aliphatic carboxylic acids is 1. The number of nitrogens with two attached hydrogens (primary N) is 1. The predicted octanol–water partition coefficient (Wildman–Crippen LogP) is 1.70. The van der Waals surface area contributed by atoms with Crippen LogP contribution in [0.25, 0.3) is 0 Å². The Labute approximate surface area is 105 Å². The summed E-state index contributed by atoms with van der Waals surface area (Å²) in [5, 5.41) is 7.12. The van der Waals surface area contributed by atoms with Crippen molar-refractivity contribution in [1.82, 2.24) is 4.90 Å². The second-order valence-electron chi connectivity index (χ2n) is 4.83. The number of halogens is 3. The standard InChI is InChI=1S/C9H20N2.C2HF3O2/c1-8(2)7-11-5-3-9(10)4-6-11;3-2(4,5)1(6)7/h8-9H,3-7,10H2,1-2H3;(H,6,7). The number of piperidine rings is 1. The second kappa shape index (κ2) is 7.58. The molecule has 1 saturated heterocycles. The van der Waals surface area contributed by atoms with Crippen LogP contribution in [0.2, 0.25) is 0 Å². The van der Waals surface area contributed by atoms with E-state index < -0.39 is 12.1 Å². The van der Waals surface area contributed by atoms with Gasteiger partial charge in [-0.3, -0.25) is 0 Å². The normalized spacial score (nSPS) is 18.4. The highest BCUT2D eigenvalue weighted by molar-refractivity contribution is 5.73. The molecule has 0 saturated carbocycles. The number of hydrogen-bond acceptors (Lipinski definition) is 3. The van der Waals surface area contributed by atoms with Crippen LogP contribution in [0.3, 0.4) is 0 Å². The number of carboxylic acid groups (broad SMARTS) is 1. The Morgan fingerprint density at radius 1 is 1.39 bits per heavy atom. The van der Waals surface area contributed by atoms with Gasteiger partial charge in [-0.1, -0.05) is 13.8 Å². The number of rotatable bonds is 2. The fourth-order valence-electron chi connectivity index (χ4n) is 1.65. The first-order valence-corrected chi connectivity index (χ1v) is 5.91. The summed E-state index contributed by atoms with van der Waals surface area (Å²) >= 11 is 0. The maximum absolute atomic E-state index is 10.6. The van der Waals surface area contributed by atoms with Crippen LogP contribution in [0.5, 0.6) is 0 Å². The van der Waals surface area contributed by atoms with Crippen molar-refractivity contribution in [1.29, 1.82) is 0 Å². The van der Waals surface area contributed by atoms with Gasteiger partial charge in [-0.05, 0) is 31.8 Å². The molecule has 0 amide bonds. The van der Waals surface area contributed by atoms with E-state index in [1.54, 1.807) is 0 Å².